The summed E-state index contributed by atoms with van der Waals surface area (Å²) in [5, 5.41) is 4.83. The lowest BCUT2D eigenvalue weighted by atomic mass is 9.72. The minimum absolute atomic E-state index is 0.0784. The van der Waals surface area contributed by atoms with Gasteiger partial charge in [0.25, 0.3) is 0 Å². The molecule has 0 aliphatic rings. The van der Waals surface area contributed by atoms with Gasteiger partial charge in [0.15, 0.2) is 34.9 Å². The van der Waals surface area contributed by atoms with Gasteiger partial charge in [-0.05, 0) is 136 Å². The molecule has 0 aliphatic carbocycles. The predicted octanol–water partition coefficient (Wildman–Crippen LogP) is 21.7. The van der Waals surface area contributed by atoms with E-state index in [0.717, 1.165) is 102 Å². The number of benzene rings is 10. The Hall–Kier alpha value is -11.9. The van der Waals surface area contributed by atoms with E-state index in [1.165, 1.54) is 38.2 Å². The van der Waals surface area contributed by atoms with Gasteiger partial charge in [0.05, 0.1) is 22.1 Å². The number of pyridine rings is 2. The van der Waals surface area contributed by atoms with Crippen LogP contribution in [-0.4, -0.2) is 49.0 Å². The summed E-state index contributed by atoms with van der Waals surface area (Å²) >= 11 is 0. The highest BCUT2D eigenvalue weighted by molar-refractivity contribution is 6.11. The van der Waals surface area contributed by atoms with Crippen molar-refractivity contribution in [3.8, 4) is 102 Å². The molecule has 10 aromatic carbocycles. The van der Waals surface area contributed by atoms with Gasteiger partial charge in [-0.2, -0.15) is 0 Å². The van der Waals surface area contributed by atoms with E-state index >= 15 is 0 Å². The lowest BCUT2D eigenvalue weighted by Gasteiger charge is -2.32. The zero-order valence-electron chi connectivity index (χ0n) is 56.0. The minimum atomic E-state index is -0.203. The summed E-state index contributed by atoms with van der Waals surface area (Å²) in [5.74, 6) is 3.63. The first-order chi connectivity index (χ1) is 47.7. The molecule has 6 aromatic heterocycles. The SMILES string of the molecule is CC(C)(C)c1ccc2c3ccc(C(C)(C)CCC(C)(C)c4ccc5c(c4)c4ccccc4n5-c4ccc(-c5nc(-c6ccccc6)nc(-c6ccccc6)n5)c(-c5cccnc5)c4)cc3n(-c3ccc(-c4nc(-c5ccccc5)nc(-c5ccccc5)n4)c(-c4cccnc4)c3)c2c1. The summed E-state index contributed by atoms with van der Waals surface area (Å²) in [6, 6.07) is 92.3. The molecule has 0 aliphatic heterocycles. The van der Waals surface area contributed by atoms with Crippen molar-refractivity contribution in [2.75, 3.05) is 0 Å². The van der Waals surface area contributed by atoms with Crippen LogP contribution in [0.15, 0.2) is 286 Å². The van der Waals surface area contributed by atoms with Crippen molar-refractivity contribution in [2.24, 2.45) is 0 Å². The van der Waals surface area contributed by atoms with Gasteiger partial charge in [-0.25, -0.2) is 29.9 Å². The summed E-state index contributed by atoms with van der Waals surface area (Å²) in [6.07, 6.45) is 9.40. The Morgan fingerprint density at radius 1 is 0.265 bits per heavy atom. The van der Waals surface area contributed by atoms with Crippen LogP contribution in [0.4, 0.5) is 0 Å². The van der Waals surface area contributed by atoms with Gasteiger partial charge < -0.3 is 9.13 Å². The Morgan fingerprint density at radius 3 is 1.06 bits per heavy atom. The van der Waals surface area contributed by atoms with Crippen LogP contribution >= 0.6 is 0 Å². The molecule has 0 bridgehead atoms. The maximum absolute atomic E-state index is 5.23. The number of fused-ring (bicyclic) bond motifs is 6. The van der Waals surface area contributed by atoms with Gasteiger partial charge in [0.2, 0.25) is 0 Å². The first-order valence-corrected chi connectivity index (χ1v) is 33.7. The number of aromatic nitrogens is 10. The molecule has 98 heavy (non-hydrogen) atoms. The third-order valence-corrected chi connectivity index (χ3v) is 19.6. The van der Waals surface area contributed by atoms with Gasteiger partial charge in [-0.15, -0.1) is 0 Å². The Morgan fingerprint density at radius 2 is 0.622 bits per heavy atom. The van der Waals surface area contributed by atoms with Crippen molar-refractivity contribution in [1.82, 2.24) is 49.0 Å². The van der Waals surface area contributed by atoms with Gasteiger partial charge in [0.1, 0.15) is 0 Å². The molecular weight excluding hydrogens is 1200 g/mol. The Kier molecular flexibility index (Phi) is 15.4. The molecule has 6 heterocycles. The fourth-order valence-electron chi connectivity index (χ4n) is 13.9. The molecule has 0 saturated heterocycles. The molecule has 0 N–H and O–H groups in total. The fraction of sp³-hybridized carbons (Fsp3) is 0.136. The molecule has 16 aromatic rings. The van der Waals surface area contributed by atoms with E-state index in [2.05, 4.69) is 219 Å². The third-order valence-electron chi connectivity index (χ3n) is 19.6. The van der Waals surface area contributed by atoms with E-state index in [0.29, 0.717) is 34.9 Å². The molecule has 0 fully saturated rings. The highest BCUT2D eigenvalue weighted by Gasteiger charge is 2.30. The molecule has 0 saturated carbocycles. The van der Waals surface area contributed by atoms with Crippen LogP contribution in [0.5, 0.6) is 0 Å². The average Bonchev–Trinajstić information content (AvgIpc) is 1.57. The Balaban J connectivity index is 0.759. The summed E-state index contributed by atoms with van der Waals surface area (Å²) in [4.78, 5) is 40.2. The van der Waals surface area contributed by atoms with E-state index in [9.17, 15) is 0 Å². The van der Waals surface area contributed by atoms with Crippen molar-refractivity contribution in [1.29, 1.82) is 0 Å². The van der Waals surface area contributed by atoms with Gasteiger partial charge in [0, 0.05) is 102 Å². The second-order valence-corrected chi connectivity index (χ2v) is 27.9. The maximum atomic E-state index is 5.23. The van der Waals surface area contributed by atoms with Crippen LogP contribution in [-0.2, 0) is 16.2 Å². The minimum Gasteiger partial charge on any atom is -0.309 e. The van der Waals surface area contributed by atoms with Crippen molar-refractivity contribution in [3.63, 3.8) is 0 Å². The lowest BCUT2D eigenvalue weighted by molar-refractivity contribution is 0.375. The lowest BCUT2D eigenvalue weighted by Crippen LogP contribution is -2.24. The van der Waals surface area contributed by atoms with Crippen LogP contribution in [0.3, 0.4) is 0 Å². The maximum Gasteiger partial charge on any atom is 0.164 e. The van der Waals surface area contributed by atoms with Crippen molar-refractivity contribution < 1.29 is 0 Å². The van der Waals surface area contributed by atoms with Gasteiger partial charge >= 0.3 is 0 Å². The summed E-state index contributed by atoms with van der Waals surface area (Å²) in [7, 11) is 0. The van der Waals surface area contributed by atoms with E-state index < -0.39 is 0 Å². The molecule has 0 amide bonds. The third kappa shape index (κ3) is 11.5. The van der Waals surface area contributed by atoms with Crippen LogP contribution < -0.4 is 0 Å². The van der Waals surface area contributed by atoms with Crippen LogP contribution in [0.2, 0.25) is 0 Å². The quantitative estimate of drug-likeness (QED) is 0.0997. The summed E-state index contributed by atoms with van der Waals surface area (Å²) in [6.45, 7) is 16.5. The van der Waals surface area contributed by atoms with Gasteiger partial charge in [-0.1, -0.05) is 230 Å². The Bertz CT molecular complexity index is 5530. The second-order valence-electron chi connectivity index (χ2n) is 27.9. The van der Waals surface area contributed by atoms with Crippen LogP contribution in [0.25, 0.3) is 146 Å². The Labute approximate surface area is 571 Å². The first kappa shape index (κ1) is 61.0. The smallest absolute Gasteiger partial charge is 0.164 e. The van der Waals surface area contributed by atoms with E-state index in [4.69, 9.17) is 29.9 Å². The topological polar surface area (TPSA) is 113 Å². The summed E-state index contributed by atoms with van der Waals surface area (Å²) in [5.41, 5.74) is 19.4. The van der Waals surface area contributed by atoms with Gasteiger partial charge in [-0.3, -0.25) is 9.97 Å². The molecule has 16 rings (SSSR count). The van der Waals surface area contributed by atoms with Crippen molar-refractivity contribution in [3.05, 3.63) is 302 Å². The predicted molar refractivity (Wildman–Crippen MR) is 401 cm³/mol. The molecular formula is C88H72N10. The van der Waals surface area contributed by atoms with E-state index in [1.807, 2.05) is 134 Å². The number of rotatable bonds is 15. The molecule has 0 unspecified atom stereocenters. The monoisotopic (exact) mass is 1270 g/mol. The number of hydrogen-bond acceptors (Lipinski definition) is 8. The molecule has 10 nitrogen and oxygen atoms in total. The standard InChI is InChI=1S/C88H72N10/c1-86(2,3)63-36-41-69-70-42-37-65(52-79(70)98(78(69)51-63)67-40-44-72(74(54-67)62-33-23-49-90-56-62)85-95-82(59-28-16-10-17-29-59)92-83(96-85)60-30-18-11-19-31-60)88(6,7)47-46-87(4,5)64-38-45-77-75(50-64)68-34-20-21-35-76(68)97(77)66-39-43-71(73(53-66)61-32-22-48-89-55-61)84-93-80(57-24-12-8-13-25-57)91-81(94-84)58-26-14-9-15-27-58/h8-45,48-56H,46-47H2,1-7H3. The highest BCUT2D eigenvalue weighted by Crippen LogP contribution is 2.45. The molecule has 0 atom stereocenters. The molecule has 0 spiro atoms. The number of hydrogen-bond donors (Lipinski definition) is 0. The largest absolute Gasteiger partial charge is 0.309 e. The second kappa shape index (κ2) is 24.7. The number of nitrogens with zero attached hydrogens (tertiary/aromatic N) is 10. The molecule has 0 radical (unpaired) electrons. The molecule has 10 heteroatoms. The highest BCUT2D eigenvalue weighted by atomic mass is 15.1. The molecule has 474 valence electrons. The van der Waals surface area contributed by atoms with Crippen molar-refractivity contribution in [2.45, 2.75) is 77.6 Å². The fourth-order valence-corrected chi connectivity index (χ4v) is 13.9. The van der Waals surface area contributed by atoms with Crippen LogP contribution in [0, 0.1) is 0 Å². The number of para-hydroxylation sites is 1. The van der Waals surface area contributed by atoms with Crippen molar-refractivity contribution >= 4 is 43.6 Å². The average molecular weight is 1270 g/mol. The zero-order valence-corrected chi connectivity index (χ0v) is 56.0. The first-order valence-electron chi connectivity index (χ1n) is 33.7. The van der Waals surface area contributed by atoms with E-state index in [-0.39, 0.29) is 16.2 Å². The van der Waals surface area contributed by atoms with E-state index in [1.54, 1.807) is 0 Å². The summed E-state index contributed by atoms with van der Waals surface area (Å²) < 4.78 is 4.88. The normalized spacial score (nSPS) is 12.1. The zero-order chi connectivity index (χ0) is 66.7. The van der Waals surface area contributed by atoms with Crippen LogP contribution in [0.1, 0.15) is 78.0 Å².